The van der Waals surface area contributed by atoms with Gasteiger partial charge in [-0.25, -0.2) is 0 Å². The van der Waals surface area contributed by atoms with E-state index in [2.05, 4.69) is 36.2 Å². The smallest absolute Gasteiger partial charge is 0.131 e. The lowest BCUT2D eigenvalue weighted by molar-refractivity contribution is 0.0852. The molecular weight excluding hydrogens is 240 g/mol. The summed E-state index contributed by atoms with van der Waals surface area (Å²) >= 11 is 0. The third-order valence-corrected chi connectivity index (χ3v) is 3.94. The average Bonchev–Trinajstić information content (AvgIpc) is 2.71. The Kier molecular flexibility index (Phi) is 4.82. The number of aromatic nitrogens is 2. The highest BCUT2D eigenvalue weighted by molar-refractivity contribution is 5.50. The van der Waals surface area contributed by atoms with Gasteiger partial charge in [0.2, 0.25) is 0 Å². The maximum atomic E-state index is 5.45. The monoisotopic (exact) mass is 266 g/mol. The summed E-state index contributed by atoms with van der Waals surface area (Å²) in [6.07, 6.45) is 2.20. The van der Waals surface area contributed by atoms with E-state index >= 15 is 0 Å². The summed E-state index contributed by atoms with van der Waals surface area (Å²) in [5.74, 6) is 1.24. The van der Waals surface area contributed by atoms with Gasteiger partial charge in [0.05, 0.1) is 5.69 Å². The summed E-state index contributed by atoms with van der Waals surface area (Å²) in [4.78, 5) is 2.38. The minimum absolute atomic E-state index is 0.559. The lowest BCUT2D eigenvalue weighted by atomic mass is 10.1. The van der Waals surface area contributed by atoms with Crippen molar-refractivity contribution in [3.05, 3.63) is 11.3 Å². The lowest BCUT2D eigenvalue weighted by Gasteiger charge is -2.33. The van der Waals surface area contributed by atoms with Crippen LogP contribution >= 0.6 is 0 Å². The van der Waals surface area contributed by atoms with E-state index in [-0.39, 0.29) is 0 Å². The van der Waals surface area contributed by atoms with Crippen LogP contribution in [0.1, 0.15) is 31.0 Å². The quantitative estimate of drug-likeness (QED) is 0.876. The molecule has 0 aromatic carbocycles. The first-order chi connectivity index (χ1) is 9.15. The maximum Gasteiger partial charge on any atom is 0.131 e. The van der Waals surface area contributed by atoms with Crippen molar-refractivity contribution in [3.63, 3.8) is 0 Å². The molecule has 108 valence electrons. The summed E-state index contributed by atoms with van der Waals surface area (Å²) in [5, 5.41) is 8.00. The second kappa shape index (κ2) is 6.39. The molecule has 5 heteroatoms. The average molecular weight is 266 g/mol. The van der Waals surface area contributed by atoms with Crippen molar-refractivity contribution in [3.8, 4) is 0 Å². The van der Waals surface area contributed by atoms with Crippen LogP contribution in [0.4, 0.5) is 5.82 Å². The summed E-state index contributed by atoms with van der Waals surface area (Å²) in [5.41, 5.74) is 2.44. The molecule has 0 radical (unpaired) electrons. The van der Waals surface area contributed by atoms with Crippen molar-refractivity contribution in [2.24, 2.45) is 7.05 Å². The van der Waals surface area contributed by atoms with Crippen LogP contribution in [0.2, 0.25) is 0 Å². The first kappa shape index (κ1) is 14.3. The molecule has 0 bridgehead atoms. The molecule has 1 aromatic rings. The highest BCUT2D eigenvalue weighted by atomic mass is 16.5. The molecular formula is C14H26N4O. The fourth-order valence-corrected chi connectivity index (χ4v) is 2.83. The Balaban J connectivity index is 2.21. The number of hydrogen-bond donors (Lipinski definition) is 1. The first-order valence-corrected chi connectivity index (χ1v) is 7.19. The molecule has 0 unspecified atom stereocenters. The van der Waals surface area contributed by atoms with Gasteiger partial charge in [-0.05, 0) is 26.3 Å². The minimum Gasteiger partial charge on any atom is -0.381 e. The van der Waals surface area contributed by atoms with Gasteiger partial charge < -0.3 is 15.0 Å². The molecule has 2 rings (SSSR count). The van der Waals surface area contributed by atoms with Crippen molar-refractivity contribution in [2.45, 2.75) is 39.3 Å². The number of nitrogens with one attached hydrogen (secondary N) is 1. The Morgan fingerprint density at radius 2 is 2.11 bits per heavy atom. The molecule has 0 atom stereocenters. The highest BCUT2D eigenvalue weighted by Gasteiger charge is 2.24. The number of hydrogen-bond acceptors (Lipinski definition) is 4. The van der Waals surface area contributed by atoms with Crippen LogP contribution in [0.3, 0.4) is 0 Å². The molecule has 1 aromatic heterocycles. The van der Waals surface area contributed by atoms with Crippen LogP contribution in [0.25, 0.3) is 0 Å². The maximum absolute atomic E-state index is 5.45. The van der Waals surface area contributed by atoms with Gasteiger partial charge >= 0.3 is 0 Å². The summed E-state index contributed by atoms with van der Waals surface area (Å²) < 4.78 is 7.47. The molecule has 1 aliphatic rings. The molecule has 19 heavy (non-hydrogen) atoms. The second-order valence-electron chi connectivity index (χ2n) is 5.25. The van der Waals surface area contributed by atoms with Crippen LogP contribution in [-0.4, -0.2) is 42.6 Å². The Bertz CT molecular complexity index is 410. The van der Waals surface area contributed by atoms with E-state index in [1.165, 1.54) is 11.4 Å². The van der Waals surface area contributed by atoms with Gasteiger partial charge in [-0.15, -0.1) is 0 Å². The first-order valence-electron chi connectivity index (χ1n) is 7.19. The number of ether oxygens (including phenoxy) is 1. The number of anilines is 1. The number of nitrogens with zero attached hydrogens (tertiary/aromatic N) is 3. The Labute approximate surface area is 115 Å². The van der Waals surface area contributed by atoms with Crippen LogP contribution < -0.4 is 10.2 Å². The van der Waals surface area contributed by atoms with Crippen molar-refractivity contribution < 1.29 is 4.74 Å². The zero-order valence-electron chi connectivity index (χ0n) is 12.6. The van der Waals surface area contributed by atoms with Gasteiger partial charge in [-0.2, -0.15) is 5.10 Å². The lowest BCUT2D eigenvalue weighted by Crippen LogP contribution is -2.38. The zero-order valence-corrected chi connectivity index (χ0v) is 12.6. The van der Waals surface area contributed by atoms with Gasteiger partial charge in [0.1, 0.15) is 5.82 Å². The summed E-state index contributed by atoms with van der Waals surface area (Å²) in [6, 6.07) is 0.559. The molecule has 1 N–H and O–H groups in total. The molecule has 0 amide bonds. The fourth-order valence-electron chi connectivity index (χ4n) is 2.83. The van der Waals surface area contributed by atoms with Crippen molar-refractivity contribution in [1.29, 1.82) is 0 Å². The largest absolute Gasteiger partial charge is 0.381 e. The second-order valence-corrected chi connectivity index (χ2v) is 5.25. The molecule has 1 saturated heterocycles. The zero-order chi connectivity index (χ0) is 13.8. The van der Waals surface area contributed by atoms with E-state index in [1.807, 2.05) is 11.7 Å². The third kappa shape index (κ3) is 3.09. The van der Waals surface area contributed by atoms with Crippen LogP contribution in [0.15, 0.2) is 0 Å². The van der Waals surface area contributed by atoms with E-state index in [4.69, 9.17) is 4.74 Å². The standard InChI is InChI=1S/C14H26N4O/c1-5-15-10-13-11(2)16-18(4)14(13)17(3)12-6-8-19-9-7-12/h12,15H,5-10H2,1-4H3. The minimum atomic E-state index is 0.559. The van der Waals surface area contributed by atoms with E-state index < -0.39 is 0 Å². The molecule has 1 aliphatic heterocycles. The molecule has 0 saturated carbocycles. The SMILES string of the molecule is CCNCc1c(C)nn(C)c1N(C)C1CCOCC1. The fraction of sp³-hybridized carbons (Fsp3) is 0.786. The third-order valence-electron chi connectivity index (χ3n) is 3.94. The normalized spacial score (nSPS) is 16.8. The number of aryl methyl sites for hydroxylation is 2. The Morgan fingerprint density at radius 1 is 1.42 bits per heavy atom. The molecule has 0 aliphatic carbocycles. The molecule has 5 nitrogen and oxygen atoms in total. The van der Waals surface area contributed by atoms with Crippen LogP contribution in [0.5, 0.6) is 0 Å². The van der Waals surface area contributed by atoms with E-state index in [9.17, 15) is 0 Å². The van der Waals surface area contributed by atoms with Gasteiger partial charge in [-0.3, -0.25) is 4.68 Å². The highest BCUT2D eigenvalue weighted by Crippen LogP contribution is 2.26. The van der Waals surface area contributed by atoms with Gasteiger partial charge in [-0.1, -0.05) is 6.92 Å². The topological polar surface area (TPSA) is 42.3 Å². The van der Waals surface area contributed by atoms with Crippen molar-refractivity contribution >= 4 is 5.82 Å². The molecule has 1 fully saturated rings. The van der Waals surface area contributed by atoms with Crippen molar-refractivity contribution in [2.75, 3.05) is 31.7 Å². The van der Waals surface area contributed by atoms with E-state index in [0.29, 0.717) is 6.04 Å². The van der Waals surface area contributed by atoms with E-state index in [0.717, 1.165) is 44.8 Å². The summed E-state index contributed by atoms with van der Waals surface area (Å²) in [6.45, 7) is 7.83. The Morgan fingerprint density at radius 3 is 2.74 bits per heavy atom. The van der Waals surface area contributed by atoms with Gasteiger partial charge in [0, 0.05) is 45.5 Å². The van der Waals surface area contributed by atoms with Crippen molar-refractivity contribution in [1.82, 2.24) is 15.1 Å². The number of rotatable bonds is 5. The predicted octanol–water partition coefficient (Wildman–Crippen LogP) is 1.45. The molecule has 0 spiro atoms. The van der Waals surface area contributed by atoms with Crippen LogP contribution in [0, 0.1) is 6.92 Å². The molecule has 2 heterocycles. The predicted molar refractivity (Wildman–Crippen MR) is 77.6 cm³/mol. The van der Waals surface area contributed by atoms with Gasteiger partial charge in [0.15, 0.2) is 0 Å². The van der Waals surface area contributed by atoms with E-state index in [1.54, 1.807) is 0 Å². The Hall–Kier alpha value is -1.07. The summed E-state index contributed by atoms with van der Waals surface area (Å²) in [7, 11) is 4.22. The van der Waals surface area contributed by atoms with Gasteiger partial charge in [0.25, 0.3) is 0 Å². The van der Waals surface area contributed by atoms with Crippen LogP contribution in [-0.2, 0) is 18.3 Å².